The van der Waals surface area contributed by atoms with Gasteiger partial charge in [0.2, 0.25) is 0 Å². The molecule has 0 bridgehead atoms. The van der Waals surface area contributed by atoms with Crippen LogP contribution in [0.25, 0.3) is 11.1 Å². The Morgan fingerprint density at radius 1 is 1.05 bits per heavy atom. The number of carboxylic acids is 1. The number of benzene rings is 2. The molecule has 0 saturated carbocycles. The molecule has 0 amide bonds. The number of aliphatic hydroxyl groups is 1. The minimum Gasteiger partial charge on any atom is -0.479 e. The van der Waals surface area contributed by atoms with Gasteiger partial charge in [0, 0.05) is 12.5 Å². The zero-order valence-corrected chi connectivity index (χ0v) is 12.2. The summed E-state index contributed by atoms with van der Waals surface area (Å²) in [6, 6.07) is 14.0. The Labute approximate surface area is 127 Å². The van der Waals surface area contributed by atoms with Crippen LogP contribution in [-0.2, 0) is 15.2 Å². The minimum absolute atomic E-state index is 0.0230. The third-order valence-corrected chi connectivity index (χ3v) is 3.28. The topological polar surface area (TPSA) is 83.8 Å². The van der Waals surface area contributed by atoms with E-state index >= 15 is 0 Å². The largest absolute Gasteiger partial charge is 0.479 e. The van der Waals surface area contributed by atoms with E-state index in [4.69, 9.17) is 9.84 Å². The first-order chi connectivity index (χ1) is 10.3. The maximum absolute atomic E-state index is 11.3. The quantitative estimate of drug-likeness (QED) is 0.669. The second kappa shape index (κ2) is 5.99. The van der Waals surface area contributed by atoms with Gasteiger partial charge in [-0.2, -0.15) is 0 Å². The molecule has 2 N–H and O–H groups in total. The van der Waals surface area contributed by atoms with Gasteiger partial charge in [0.25, 0.3) is 0 Å². The van der Waals surface area contributed by atoms with Crippen LogP contribution in [0.4, 0.5) is 0 Å². The fraction of sp³-hybridized carbons (Fsp3) is 0.176. The van der Waals surface area contributed by atoms with Crippen LogP contribution in [0.2, 0.25) is 0 Å². The first-order valence-corrected chi connectivity index (χ1v) is 6.66. The fourth-order valence-corrected chi connectivity index (χ4v) is 2.09. The molecular formula is C17H16O5. The van der Waals surface area contributed by atoms with E-state index in [1.807, 2.05) is 30.3 Å². The zero-order chi connectivity index (χ0) is 16.3. The van der Waals surface area contributed by atoms with E-state index in [1.54, 1.807) is 12.1 Å². The maximum atomic E-state index is 11.3. The molecule has 22 heavy (non-hydrogen) atoms. The van der Waals surface area contributed by atoms with E-state index in [-0.39, 0.29) is 11.3 Å². The third kappa shape index (κ3) is 3.15. The molecule has 0 aliphatic rings. The van der Waals surface area contributed by atoms with Crippen molar-refractivity contribution in [1.29, 1.82) is 0 Å². The Morgan fingerprint density at radius 2 is 1.68 bits per heavy atom. The number of carbonyl (C=O) groups excluding carboxylic acids is 1. The van der Waals surface area contributed by atoms with Gasteiger partial charge in [0.15, 0.2) is 5.60 Å². The predicted molar refractivity (Wildman–Crippen MR) is 80.4 cm³/mol. The lowest BCUT2D eigenvalue weighted by Crippen LogP contribution is -2.32. The molecule has 0 heterocycles. The summed E-state index contributed by atoms with van der Waals surface area (Å²) in [5.74, 6) is -1.98. The van der Waals surface area contributed by atoms with Crippen LogP contribution in [0.5, 0.6) is 5.75 Å². The molecule has 0 aromatic heterocycles. The SMILES string of the molecule is CC(=O)Oc1cc(-c2ccccc2)ccc1C(C)(O)C(=O)O. The molecule has 0 spiro atoms. The molecule has 0 aliphatic carbocycles. The Morgan fingerprint density at radius 3 is 2.23 bits per heavy atom. The number of hydrogen-bond donors (Lipinski definition) is 2. The molecule has 0 saturated heterocycles. The second-order valence-corrected chi connectivity index (χ2v) is 5.05. The van der Waals surface area contributed by atoms with Crippen molar-refractivity contribution in [3.05, 3.63) is 54.1 Å². The fourth-order valence-electron chi connectivity index (χ4n) is 2.09. The zero-order valence-electron chi connectivity index (χ0n) is 12.2. The molecule has 2 rings (SSSR count). The van der Waals surface area contributed by atoms with Crippen LogP contribution in [0.15, 0.2) is 48.5 Å². The summed E-state index contributed by atoms with van der Waals surface area (Å²) in [6.07, 6.45) is 0. The lowest BCUT2D eigenvalue weighted by molar-refractivity contribution is -0.158. The Bertz CT molecular complexity index is 704. The summed E-state index contributed by atoms with van der Waals surface area (Å²) < 4.78 is 5.08. The highest BCUT2D eigenvalue weighted by molar-refractivity contribution is 5.82. The van der Waals surface area contributed by atoms with Crippen molar-refractivity contribution in [1.82, 2.24) is 0 Å². The van der Waals surface area contributed by atoms with Crippen molar-refractivity contribution in [3.8, 4) is 16.9 Å². The van der Waals surface area contributed by atoms with Crippen molar-refractivity contribution in [3.63, 3.8) is 0 Å². The molecule has 0 aliphatic heterocycles. The van der Waals surface area contributed by atoms with Gasteiger partial charge in [-0.3, -0.25) is 4.79 Å². The van der Waals surface area contributed by atoms with E-state index in [1.165, 1.54) is 13.0 Å². The molecule has 114 valence electrons. The lowest BCUT2D eigenvalue weighted by atomic mass is 9.92. The van der Waals surface area contributed by atoms with Crippen molar-refractivity contribution in [2.24, 2.45) is 0 Å². The number of esters is 1. The Balaban J connectivity index is 2.57. The van der Waals surface area contributed by atoms with Gasteiger partial charge in [-0.05, 0) is 24.1 Å². The molecule has 5 heteroatoms. The van der Waals surface area contributed by atoms with E-state index in [9.17, 15) is 14.7 Å². The van der Waals surface area contributed by atoms with Crippen LogP contribution in [0.3, 0.4) is 0 Å². The van der Waals surface area contributed by atoms with Gasteiger partial charge in [-0.25, -0.2) is 4.79 Å². The smallest absolute Gasteiger partial charge is 0.340 e. The molecule has 0 radical (unpaired) electrons. The third-order valence-electron chi connectivity index (χ3n) is 3.28. The second-order valence-electron chi connectivity index (χ2n) is 5.05. The summed E-state index contributed by atoms with van der Waals surface area (Å²) in [7, 11) is 0. The van der Waals surface area contributed by atoms with Crippen molar-refractivity contribution in [2.75, 3.05) is 0 Å². The first kappa shape index (κ1) is 15.7. The highest BCUT2D eigenvalue weighted by Crippen LogP contribution is 2.34. The van der Waals surface area contributed by atoms with Crippen molar-refractivity contribution < 1.29 is 24.5 Å². The normalized spacial score (nSPS) is 13.2. The molecule has 5 nitrogen and oxygen atoms in total. The van der Waals surface area contributed by atoms with Crippen LogP contribution < -0.4 is 4.74 Å². The number of carboxylic acid groups (broad SMARTS) is 1. The molecule has 2 aromatic rings. The highest BCUT2D eigenvalue weighted by atomic mass is 16.5. The maximum Gasteiger partial charge on any atom is 0.340 e. The monoisotopic (exact) mass is 300 g/mol. The van der Waals surface area contributed by atoms with E-state index in [2.05, 4.69) is 0 Å². The Kier molecular flexibility index (Phi) is 4.28. The minimum atomic E-state index is -2.15. The van der Waals surface area contributed by atoms with Crippen molar-refractivity contribution in [2.45, 2.75) is 19.4 Å². The summed E-state index contributed by atoms with van der Waals surface area (Å²) >= 11 is 0. The standard InChI is InChI=1S/C17H16O5/c1-11(18)22-15-10-13(12-6-4-3-5-7-12)8-9-14(15)17(2,21)16(19)20/h3-10,21H,1-2H3,(H,19,20). The van der Waals surface area contributed by atoms with Gasteiger partial charge in [0.05, 0.1) is 0 Å². The van der Waals surface area contributed by atoms with Crippen molar-refractivity contribution >= 4 is 11.9 Å². The number of ether oxygens (including phenoxy) is 1. The number of rotatable bonds is 4. The van der Waals surface area contributed by atoms with Gasteiger partial charge >= 0.3 is 11.9 Å². The Hall–Kier alpha value is -2.66. The predicted octanol–water partition coefficient (Wildman–Crippen LogP) is 2.57. The number of carbonyl (C=O) groups is 2. The highest BCUT2D eigenvalue weighted by Gasteiger charge is 2.35. The van der Waals surface area contributed by atoms with Crippen LogP contribution in [0.1, 0.15) is 19.4 Å². The van der Waals surface area contributed by atoms with E-state index in [0.29, 0.717) is 0 Å². The number of aliphatic carboxylic acids is 1. The average molecular weight is 300 g/mol. The van der Waals surface area contributed by atoms with Gasteiger partial charge < -0.3 is 14.9 Å². The van der Waals surface area contributed by atoms with Gasteiger partial charge in [-0.1, -0.05) is 42.5 Å². The van der Waals surface area contributed by atoms with Crippen LogP contribution in [0, 0.1) is 0 Å². The van der Waals surface area contributed by atoms with Gasteiger partial charge in [-0.15, -0.1) is 0 Å². The summed E-state index contributed by atoms with van der Waals surface area (Å²) in [4.78, 5) is 22.5. The molecule has 0 fully saturated rings. The molecule has 2 aromatic carbocycles. The summed E-state index contributed by atoms with van der Waals surface area (Å²) in [6.45, 7) is 2.36. The average Bonchev–Trinajstić information content (AvgIpc) is 2.47. The van der Waals surface area contributed by atoms with Gasteiger partial charge in [0.1, 0.15) is 5.75 Å². The molecule has 1 unspecified atom stereocenters. The van der Waals surface area contributed by atoms with Crippen LogP contribution in [-0.4, -0.2) is 22.2 Å². The molecular weight excluding hydrogens is 284 g/mol. The lowest BCUT2D eigenvalue weighted by Gasteiger charge is -2.21. The summed E-state index contributed by atoms with van der Waals surface area (Å²) in [5, 5.41) is 19.3. The summed E-state index contributed by atoms with van der Waals surface area (Å²) in [5.41, 5.74) is -0.492. The van der Waals surface area contributed by atoms with E-state index < -0.39 is 17.5 Å². The molecule has 1 atom stereocenters. The first-order valence-electron chi connectivity index (χ1n) is 6.66. The number of hydrogen-bond acceptors (Lipinski definition) is 4. The van der Waals surface area contributed by atoms with Crippen LogP contribution >= 0.6 is 0 Å². The van der Waals surface area contributed by atoms with E-state index in [0.717, 1.165) is 18.1 Å².